The predicted octanol–water partition coefficient (Wildman–Crippen LogP) is 4.51. The summed E-state index contributed by atoms with van der Waals surface area (Å²) in [6.07, 6.45) is 9.65. The number of anilines is 1. The van der Waals surface area contributed by atoms with Crippen molar-refractivity contribution in [2.24, 2.45) is 5.73 Å². The van der Waals surface area contributed by atoms with Gasteiger partial charge in [-0.3, -0.25) is 9.48 Å². The number of benzene rings is 1. The zero-order chi connectivity index (χ0) is 18.9. The molecule has 0 aliphatic rings. The SMILES string of the molecule is CCCCCCCCCCn1nc(N)c(C(N)=O)c1-c1ccc(F)cc1. The number of rotatable bonds is 11. The fourth-order valence-electron chi connectivity index (χ4n) is 3.18. The van der Waals surface area contributed by atoms with E-state index in [1.165, 1.54) is 50.7 Å². The van der Waals surface area contributed by atoms with Crippen molar-refractivity contribution in [3.05, 3.63) is 35.6 Å². The van der Waals surface area contributed by atoms with E-state index in [1.54, 1.807) is 16.8 Å². The number of carbonyl (C=O) groups excluding carboxylic acids is 1. The average molecular weight is 360 g/mol. The highest BCUT2D eigenvalue weighted by molar-refractivity contribution is 6.03. The van der Waals surface area contributed by atoms with E-state index in [1.807, 2.05) is 0 Å². The maximum atomic E-state index is 13.2. The molecule has 26 heavy (non-hydrogen) atoms. The second kappa shape index (κ2) is 9.94. The zero-order valence-electron chi connectivity index (χ0n) is 15.5. The summed E-state index contributed by atoms with van der Waals surface area (Å²) in [5.41, 5.74) is 12.8. The van der Waals surface area contributed by atoms with Crippen LogP contribution in [0.4, 0.5) is 10.2 Å². The Balaban J connectivity index is 2.03. The van der Waals surface area contributed by atoms with Crippen LogP contribution in [-0.4, -0.2) is 15.7 Å². The quantitative estimate of drug-likeness (QED) is 0.578. The first-order valence-corrected chi connectivity index (χ1v) is 9.46. The van der Waals surface area contributed by atoms with Crippen molar-refractivity contribution < 1.29 is 9.18 Å². The molecule has 2 aromatic rings. The molecule has 0 fully saturated rings. The minimum atomic E-state index is -0.621. The molecule has 0 bridgehead atoms. The molecule has 1 amide bonds. The van der Waals surface area contributed by atoms with Gasteiger partial charge in [-0.15, -0.1) is 0 Å². The van der Waals surface area contributed by atoms with Crippen LogP contribution in [-0.2, 0) is 6.54 Å². The molecule has 6 heteroatoms. The van der Waals surface area contributed by atoms with Gasteiger partial charge < -0.3 is 11.5 Å². The lowest BCUT2D eigenvalue weighted by atomic mass is 10.1. The summed E-state index contributed by atoms with van der Waals surface area (Å²) >= 11 is 0. The number of hydrogen-bond donors (Lipinski definition) is 2. The molecule has 1 aromatic heterocycles. The standard InChI is InChI=1S/C20H29FN4O/c1-2-3-4-5-6-7-8-9-14-25-18(15-10-12-16(21)13-11-15)17(20(23)26)19(22)24-25/h10-13H,2-9,14H2,1H3,(H2,22,24)(H2,23,26). The van der Waals surface area contributed by atoms with E-state index in [0.717, 1.165) is 12.8 Å². The number of nitrogen functional groups attached to an aromatic ring is 1. The van der Waals surface area contributed by atoms with Gasteiger partial charge in [0, 0.05) is 12.1 Å². The Morgan fingerprint density at radius 3 is 2.19 bits per heavy atom. The van der Waals surface area contributed by atoms with Crippen LogP contribution in [0, 0.1) is 5.82 Å². The summed E-state index contributed by atoms with van der Waals surface area (Å²) in [4.78, 5) is 11.8. The summed E-state index contributed by atoms with van der Waals surface area (Å²) in [6.45, 7) is 2.87. The van der Waals surface area contributed by atoms with E-state index < -0.39 is 5.91 Å². The molecule has 0 spiro atoms. The summed E-state index contributed by atoms with van der Waals surface area (Å²) in [6, 6.07) is 5.93. The number of primary amides is 1. The second-order valence-corrected chi connectivity index (χ2v) is 6.68. The van der Waals surface area contributed by atoms with Gasteiger partial charge in [0.05, 0.1) is 5.69 Å². The summed E-state index contributed by atoms with van der Waals surface area (Å²) in [5, 5.41) is 4.29. The largest absolute Gasteiger partial charge is 0.382 e. The molecule has 5 nitrogen and oxygen atoms in total. The molecule has 4 N–H and O–H groups in total. The van der Waals surface area contributed by atoms with E-state index in [9.17, 15) is 9.18 Å². The third-order valence-electron chi connectivity index (χ3n) is 4.57. The number of hydrogen-bond acceptors (Lipinski definition) is 3. The summed E-state index contributed by atoms with van der Waals surface area (Å²) in [7, 11) is 0. The number of aromatic nitrogens is 2. The van der Waals surface area contributed by atoms with Crippen molar-refractivity contribution in [1.82, 2.24) is 9.78 Å². The molecule has 0 aliphatic carbocycles. The highest BCUT2D eigenvalue weighted by Gasteiger charge is 2.21. The zero-order valence-corrected chi connectivity index (χ0v) is 15.5. The lowest BCUT2D eigenvalue weighted by Crippen LogP contribution is -2.14. The Kier molecular flexibility index (Phi) is 7.63. The molecule has 2 rings (SSSR count). The van der Waals surface area contributed by atoms with Crippen molar-refractivity contribution in [3.8, 4) is 11.3 Å². The van der Waals surface area contributed by atoms with E-state index in [-0.39, 0.29) is 17.2 Å². The monoisotopic (exact) mass is 360 g/mol. The van der Waals surface area contributed by atoms with Crippen molar-refractivity contribution in [2.75, 3.05) is 5.73 Å². The van der Waals surface area contributed by atoms with Crippen molar-refractivity contribution in [1.29, 1.82) is 0 Å². The Bertz CT molecular complexity index is 709. The molecule has 0 saturated carbocycles. The van der Waals surface area contributed by atoms with Crippen LogP contribution >= 0.6 is 0 Å². The second-order valence-electron chi connectivity index (χ2n) is 6.68. The Labute approximate surface area is 154 Å². The first kappa shape index (κ1) is 19.9. The van der Waals surface area contributed by atoms with Crippen LogP contribution in [0.25, 0.3) is 11.3 Å². The molecule has 0 atom stereocenters. The highest BCUT2D eigenvalue weighted by Crippen LogP contribution is 2.28. The van der Waals surface area contributed by atoms with Gasteiger partial charge in [-0.05, 0) is 30.7 Å². The molecule has 0 saturated heterocycles. The number of carbonyl (C=O) groups is 1. The lowest BCUT2D eigenvalue weighted by Gasteiger charge is -2.09. The normalized spacial score (nSPS) is 11.0. The summed E-state index contributed by atoms with van der Waals surface area (Å²) < 4.78 is 14.9. The van der Waals surface area contributed by atoms with Crippen LogP contribution in [0.1, 0.15) is 68.6 Å². The maximum Gasteiger partial charge on any atom is 0.254 e. The molecule has 142 valence electrons. The Hall–Kier alpha value is -2.37. The molecule has 1 heterocycles. The molecule has 0 unspecified atom stereocenters. The van der Waals surface area contributed by atoms with Crippen molar-refractivity contribution >= 4 is 11.7 Å². The number of nitrogens with two attached hydrogens (primary N) is 2. The summed E-state index contributed by atoms with van der Waals surface area (Å²) in [5.74, 6) is -0.836. The van der Waals surface area contributed by atoms with E-state index >= 15 is 0 Å². The number of unbranched alkanes of at least 4 members (excludes halogenated alkanes) is 7. The van der Waals surface area contributed by atoms with Gasteiger partial charge in [0.25, 0.3) is 5.91 Å². The third kappa shape index (κ3) is 5.31. The van der Waals surface area contributed by atoms with E-state index in [0.29, 0.717) is 17.8 Å². The minimum Gasteiger partial charge on any atom is -0.382 e. The fourth-order valence-corrected chi connectivity index (χ4v) is 3.18. The highest BCUT2D eigenvalue weighted by atomic mass is 19.1. The molecule has 1 aromatic carbocycles. The molecule has 0 aliphatic heterocycles. The maximum absolute atomic E-state index is 13.2. The molecule has 0 radical (unpaired) electrons. The van der Waals surface area contributed by atoms with E-state index in [2.05, 4.69) is 12.0 Å². The number of amides is 1. The topological polar surface area (TPSA) is 86.9 Å². The van der Waals surface area contributed by atoms with Crippen LogP contribution in [0.3, 0.4) is 0 Å². The minimum absolute atomic E-state index is 0.122. The first-order chi connectivity index (χ1) is 12.5. The van der Waals surface area contributed by atoms with Crippen LogP contribution in [0.5, 0.6) is 0 Å². The van der Waals surface area contributed by atoms with Gasteiger partial charge in [0.2, 0.25) is 0 Å². The van der Waals surface area contributed by atoms with Crippen molar-refractivity contribution in [3.63, 3.8) is 0 Å². The number of halogens is 1. The average Bonchev–Trinajstić information content (AvgIpc) is 2.94. The van der Waals surface area contributed by atoms with Crippen LogP contribution in [0.2, 0.25) is 0 Å². The van der Waals surface area contributed by atoms with Gasteiger partial charge in [0.15, 0.2) is 5.82 Å². The van der Waals surface area contributed by atoms with E-state index in [4.69, 9.17) is 11.5 Å². The Morgan fingerprint density at radius 1 is 1.04 bits per heavy atom. The van der Waals surface area contributed by atoms with Crippen LogP contribution in [0.15, 0.2) is 24.3 Å². The number of aryl methyl sites for hydroxylation is 1. The number of nitrogens with zero attached hydrogens (tertiary/aromatic N) is 2. The van der Waals surface area contributed by atoms with Gasteiger partial charge in [0.1, 0.15) is 11.4 Å². The fraction of sp³-hybridized carbons (Fsp3) is 0.500. The smallest absolute Gasteiger partial charge is 0.254 e. The van der Waals surface area contributed by atoms with Gasteiger partial charge in [-0.2, -0.15) is 5.10 Å². The van der Waals surface area contributed by atoms with Gasteiger partial charge in [-0.1, -0.05) is 51.9 Å². The van der Waals surface area contributed by atoms with Gasteiger partial charge in [-0.25, -0.2) is 4.39 Å². The molecular formula is C20H29FN4O. The first-order valence-electron chi connectivity index (χ1n) is 9.46. The molecular weight excluding hydrogens is 331 g/mol. The lowest BCUT2D eigenvalue weighted by molar-refractivity contribution is 0.100. The van der Waals surface area contributed by atoms with Crippen molar-refractivity contribution in [2.45, 2.75) is 64.8 Å². The van der Waals surface area contributed by atoms with Crippen LogP contribution < -0.4 is 11.5 Å². The predicted molar refractivity (Wildman–Crippen MR) is 103 cm³/mol. The Morgan fingerprint density at radius 2 is 1.62 bits per heavy atom. The van der Waals surface area contributed by atoms with Gasteiger partial charge >= 0.3 is 0 Å². The third-order valence-corrected chi connectivity index (χ3v) is 4.57.